The topological polar surface area (TPSA) is 133 Å². The third kappa shape index (κ3) is 5.99. The number of carbonyl (C=O) groups is 3. The predicted molar refractivity (Wildman–Crippen MR) is 203 cm³/mol. The summed E-state index contributed by atoms with van der Waals surface area (Å²) < 4.78 is 11.5. The molecular formula is C42H46N4O5S. The largest absolute Gasteiger partial charge is 0.493 e. The Morgan fingerprint density at radius 2 is 1.73 bits per heavy atom. The molecule has 4 aliphatic carbocycles. The highest BCUT2D eigenvalue weighted by Crippen LogP contribution is 2.62. The summed E-state index contributed by atoms with van der Waals surface area (Å²) in [4.78, 5) is 47.7. The van der Waals surface area contributed by atoms with Crippen LogP contribution in [-0.2, 0) is 17.7 Å². The molecule has 10 heteroatoms. The Balaban J connectivity index is 1.20. The number of fused-ring (bicyclic) bond motifs is 3. The monoisotopic (exact) mass is 718 g/mol. The molecule has 2 atom stereocenters. The molecule has 1 aliphatic heterocycles. The summed E-state index contributed by atoms with van der Waals surface area (Å²) in [5, 5.41) is 8.63. The summed E-state index contributed by atoms with van der Waals surface area (Å²) >= 11 is 1.60. The number of hydrogen-bond donors (Lipinski definition) is 3. The summed E-state index contributed by atoms with van der Waals surface area (Å²) in [6, 6.07) is 13.1. The van der Waals surface area contributed by atoms with Gasteiger partial charge in [-0.1, -0.05) is 25.5 Å². The second kappa shape index (κ2) is 13.1. The maximum Gasteiger partial charge on any atom is 0.357 e. The third-order valence-corrected chi connectivity index (χ3v) is 13.1. The number of aryl methyl sites for hydroxylation is 2. The number of carbonyl (C=O) groups excluding carboxylic acids is 3. The van der Waals surface area contributed by atoms with Gasteiger partial charge in [-0.05, 0) is 128 Å². The second-order valence-electron chi connectivity index (χ2n) is 15.7. The molecule has 2 aromatic carbocycles. The fraction of sp³-hybridized carbons (Fsp3) is 0.429. The quantitative estimate of drug-likeness (QED) is 0.157. The zero-order valence-corrected chi connectivity index (χ0v) is 31.1. The van der Waals surface area contributed by atoms with Crippen LogP contribution in [0.5, 0.6) is 5.75 Å². The van der Waals surface area contributed by atoms with E-state index in [9.17, 15) is 14.4 Å². The van der Waals surface area contributed by atoms with Gasteiger partial charge in [0.25, 0.3) is 11.8 Å². The minimum Gasteiger partial charge on any atom is -0.493 e. The number of pyridine rings is 1. The van der Waals surface area contributed by atoms with E-state index in [1.54, 1.807) is 23.5 Å². The smallest absolute Gasteiger partial charge is 0.357 e. The molecule has 0 radical (unpaired) electrons. The van der Waals surface area contributed by atoms with Gasteiger partial charge in [0.05, 0.1) is 13.7 Å². The molecule has 3 heterocycles. The number of nitrogens with zero attached hydrogens (tertiary/aromatic N) is 1. The lowest BCUT2D eigenvalue weighted by Gasteiger charge is -2.62. The number of thiophene rings is 1. The van der Waals surface area contributed by atoms with Gasteiger partial charge in [-0.2, -0.15) is 0 Å². The normalized spacial score (nSPS) is 23.9. The molecule has 9 rings (SSSR count). The van der Waals surface area contributed by atoms with E-state index in [1.807, 2.05) is 43.5 Å². The molecular weight excluding hydrogens is 673 g/mol. The van der Waals surface area contributed by atoms with Crippen LogP contribution in [0.3, 0.4) is 0 Å². The van der Waals surface area contributed by atoms with Gasteiger partial charge in [-0.25, -0.2) is 9.78 Å². The molecule has 2 amide bonds. The molecule has 0 saturated heterocycles. The molecule has 52 heavy (non-hydrogen) atoms. The van der Waals surface area contributed by atoms with Crippen molar-refractivity contribution in [3.05, 3.63) is 87.0 Å². The van der Waals surface area contributed by atoms with Crippen LogP contribution in [0.1, 0.15) is 105 Å². The van der Waals surface area contributed by atoms with Crippen LogP contribution in [0.4, 0.5) is 5.69 Å². The predicted octanol–water partition coefficient (Wildman–Crippen LogP) is 8.01. The molecule has 4 N–H and O–H groups in total. The summed E-state index contributed by atoms with van der Waals surface area (Å²) in [5.74, 6) is 0.548. The maximum absolute atomic E-state index is 14.4. The SMILES string of the molecule is CCC12CC3CC(C1)CC(NC(=O)c1ccc(-c4cc5c(cc4C(=O)Nc4c(C)cc(CN)cc4C)-c4sccc4CCO5)c(C(=O)OC)n1)(C3)C2. The van der Waals surface area contributed by atoms with E-state index in [1.165, 1.54) is 26.4 Å². The summed E-state index contributed by atoms with van der Waals surface area (Å²) in [6.07, 6.45) is 8.60. The van der Waals surface area contributed by atoms with E-state index >= 15 is 0 Å². The summed E-state index contributed by atoms with van der Waals surface area (Å²) in [6.45, 7) is 7.04. The van der Waals surface area contributed by atoms with Crippen molar-refractivity contribution in [2.45, 2.75) is 84.2 Å². The molecule has 5 aliphatic rings. The molecule has 9 nitrogen and oxygen atoms in total. The number of nitrogens with one attached hydrogen (secondary N) is 2. The molecule has 0 spiro atoms. The van der Waals surface area contributed by atoms with Crippen molar-refractivity contribution in [2.75, 3.05) is 19.0 Å². The molecule has 4 bridgehead atoms. The van der Waals surface area contributed by atoms with Crippen LogP contribution in [-0.4, -0.2) is 42.0 Å². The van der Waals surface area contributed by atoms with Gasteiger partial charge in [0.15, 0.2) is 5.69 Å². The number of anilines is 1. The number of hydrogen-bond acceptors (Lipinski definition) is 8. The number of benzene rings is 2. The standard InChI is InChI=1S/C42H46N4O5S/c1-5-41-17-26-14-27(18-41)20-42(19-26,22-41)46-39(48)33-7-6-29(36(44-33)40(49)50-4)30-16-34-32(37-28(8-10-51-34)9-11-52-37)15-31(30)38(47)45-35-23(2)12-25(21-43)13-24(35)3/h6-7,9,11-13,15-16,26-27H,5,8,10,14,17-22,43H2,1-4H3,(H,45,47)(H,46,48). The molecule has 4 saturated carbocycles. The molecule has 2 aromatic heterocycles. The van der Waals surface area contributed by atoms with E-state index in [0.29, 0.717) is 58.5 Å². The zero-order chi connectivity index (χ0) is 36.4. The highest BCUT2D eigenvalue weighted by atomic mass is 32.1. The Hall–Kier alpha value is -4.54. The number of esters is 1. The summed E-state index contributed by atoms with van der Waals surface area (Å²) in [5.41, 5.74) is 12.7. The van der Waals surface area contributed by atoms with Crippen molar-refractivity contribution < 1.29 is 23.9 Å². The van der Waals surface area contributed by atoms with Crippen molar-refractivity contribution >= 4 is 34.8 Å². The van der Waals surface area contributed by atoms with Gasteiger partial charge in [-0.3, -0.25) is 9.59 Å². The Kier molecular flexibility index (Phi) is 8.73. The van der Waals surface area contributed by atoms with Crippen molar-refractivity contribution in [2.24, 2.45) is 23.0 Å². The Morgan fingerprint density at radius 3 is 2.42 bits per heavy atom. The molecule has 4 fully saturated rings. The first-order valence-corrected chi connectivity index (χ1v) is 19.3. The van der Waals surface area contributed by atoms with Gasteiger partial charge < -0.3 is 25.8 Å². The van der Waals surface area contributed by atoms with Crippen LogP contribution in [0.25, 0.3) is 21.6 Å². The number of methoxy groups -OCH3 is 1. The number of aromatic nitrogens is 1. The van der Waals surface area contributed by atoms with Crippen LogP contribution in [0, 0.1) is 31.1 Å². The van der Waals surface area contributed by atoms with Crippen LogP contribution in [0.2, 0.25) is 0 Å². The molecule has 2 unspecified atom stereocenters. The van der Waals surface area contributed by atoms with Crippen LogP contribution in [0.15, 0.2) is 47.8 Å². The second-order valence-corrected chi connectivity index (χ2v) is 16.6. The first-order valence-electron chi connectivity index (χ1n) is 18.4. The van der Waals surface area contributed by atoms with E-state index in [4.69, 9.17) is 15.2 Å². The first kappa shape index (κ1) is 34.5. The Labute approximate surface area is 308 Å². The lowest BCUT2D eigenvalue weighted by Crippen LogP contribution is -2.63. The van der Waals surface area contributed by atoms with Gasteiger partial charge in [-0.15, -0.1) is 11.3 Å². The van der Waals surface area contributed by atoms with Crippen LogP contribution >= 0.6 is 11.3 Å². The van der Waals surface area contributed by atoms with E-state index < -0.39 is 5.97 Å². The molecule has 270 valence electrons. The lowest BCUT2D eigenvalue weighted by atomic mass is 9.46. The number of amides is 2. The van der Waals surface area contributed by atoms with E-state index in [-0.39, 0.29) is 28.7 Å². The number of ether oxygens (including phenoxy) is 2. The average Bonchev–Trinajstić information content (AvgIpc) is 3.52. The van der Waals surface area contributed by atoms with Crippen molar-refractivity contribution in [3.63, 3.8) is 0 Å². The fourth-order valence-corrected chi connectivity index (χ4v) is 11.2. The molecule has 4 aromatic rings. The number of rotatable bonds is 8. The van der Waals surface area contributed by atoms with Crippen LogP contribution < -0.4 is 21.1 Å². The minimum absolute atomic E-state index is 0.0372. The fourth-order valence-electron chi connectivity index (χ4n) is 10.2. The zero-order valence-electron chi connectivity index (χ0n) is 30.3. The Bertz CT molecular complexity index is 2080. The minimum atomic E-state index is -0.698. The Morgan fingerprint density at radius 1 is 0.981 bits per heavy atom. The lowest BCUT2D eigenvalue weighted by molar-refractivity contribution is -0.0795. The van der Waals surface area contributed by atoms with Gasteiger partial charge in [0.1, 0.15) is 11.4 Å². The highest BCUT2D eigenvalue weighted by Gasteiger charge is 2.57. The van der Waals surface area contributed by atoms with Gasteiger partial charge in [0, 0.05) is 51.3 Å². The van der Waals surface area contributed by atoms with E-state index in [2.05, 4.69) is 28.6 Å². The highest BCUT2D eigenvalue weighted by molar-refractivity contribution is 7.13. The maximum atomic E-state index is 14.4. The average molecular weight is 719 g/mol. The van der Waals surface area contributed by atoms with Crippen molar-refractivity contribution in [1.29, 1.82) is 0 Å². The number of nitrogens with two attached hydrogens (primary N) is 1. The first-order chi connectivity index (χ1) is 25.0. The van der Waals surface area contributed by atoms with E-state index in [0.717, 1.165) is 64.8 Å². The summed E-state index contributed by atoms with van der Waals surface area (Å²) in [7, 11) is 1.29. The van der Waals surface area contributed by atoms with Gasteiger partial charge >= 0.3 is 5.97 Å². The van der Waals surface area contributed by atoms with Crippen molar-refractivity contribution in [3.8, 4) is 27.3 Å². The van der Waals surface area contributed by atoms with Gasteiger partial charge in [0.2, 0.25) is 0 Å². The van der Waals surface area contributed by atoms with Crippen molar-refractivity contribution in [1.82, 2.24) is 10.3 Å². The third-order valence-electron chi connectivity index (χ3n) is 12.2.